The zero-order chi connectivity index (χ0) is 15.8. The van der Waals surface area contributed by atoms with Gasteiger partial charge < -0.3 is 19.5 Å². The van der Waals surface area contributed by atoms with E-state index >= 15 is 0 Å². The van der Waals surface area contributed by atoms with Crippen LogP contribution in [0.2, 0.25) is 0 Å². The fourth-order valence-electron chi connectivity index (χ4n) is 1.83. The molecule has 0 aliphatic heterocycles. The minimum absolute atomic E-state index is 0.0190. The zero-order valence-corrected chi connectivity index (χ0v) is 13.1. The molecule has 0 saturated carbocycles. The van der Waals surface area contributed by atoms with Crippen LogP contribution in [0.4, 0.5) is 0 Å². The Labute approximate surface area is 125 Å². The van der Waals surface area contributed by atoms with E-state index in [0.717, 1.165) is 5.56 Å². The van der Waals surface area contributed by atoms with Crippen molar-refractivity contribution in [2.24, 2.45) is 0 Å². The van der Waals surface area contributed by atoms with E-state index in [2.05, 4.69) is 11.9 Å². The molecule has 0 aliphatic carbocycles. The molecule has 0 fully saturated rings. The fourth-order valence-corrected chi connectivity index (χ4v) is 1.83. The second-order valence-corrected chi connectivity index (χ2v) is 4.74. The van der Waals surface area contributed by atoms with Crippen molar-refractivity contribution in [2.75, 3.05) is 20.8 Å². The molecule has 21 heavy (non-hydrogen) atoms. The van der Waals surface area contributed by atoms with Crippen LogP contribution in [0.1, 0.15) is 19.4 Å². The van der Waals surface area contributed by atoms with Crippen LogP contribution < -0.4 is 19.5 Å². The summed E-state index contributed by atoms with van der Waals surface area (Å²) in [6.45, 7) is 7.81. The Morgan fingerprint density at radius 3 is 2.29 bits per heavy atom. The second kappa shape index (κ2) is 8.19. The molecule has 116 valence electrons. The van der Waals surface area contributed by atoms with Crippen molar-refractivity contribution in [3.8, 4) is 17.2 Å². The Bertz CT molecular complexity index is 472. The average Bonchev–Trinajstić information content (AvgIpc) is 2.47. The molecule has 0 radical (unpaired) electrons. The number of carbonyl (C=O) groups excluding carboxylic acids is 1. The van der Waals surface area contributed by atoms with Gasteiger partial charge in [0.2, 0.25) is 11.7 Å². The molecule has 5 heteroatoms. The maximum Gasteiger partial charge on any atom is 0.243 e. The van der Waals surface area contributed by atoms with Gasteiger partial charge in [0.05, 0.1) is 20.3 Å². The standard InChI is InChI=1S/C16H23NO4/c1-6-15(18)17-8-7-12-9-13(19-4)16(21-11(2)3)14(10-12)20-5/h6,9-11H,1,7-8H2,2-5H3,(H,17,18). The molecule has 1 aromatic carbocycles. The Hall–Kier alpha value is -2.17. The summed E-state index contributed by atoms with van der Waals surface area (Å²) < 4.78 is 16.5. The highest BCUT2D eigenvalue weighted by atomic mass is 16.5. The van der Waals surface area contributed by atoms with Gasteiger partial charge in [-0.1, -0.05) is 6.58 Å². The van der Waals surface area contributed by atoms with Crippen molar-refractivity contribution in [3.05, 3.63) is 30.4 Å². The van der Waals surface area contributed by atoms with Gasteiger partial charge in [0.1, 0.15) is 0 Å². The minimum Gasteiger partial charge on any atom is -0.493 e. The third-order valence-electron chi connectivity index (χ3n) is 2.77. The number of amides is 1. The molecule has 1 rings (SSSR count). The van der Waals surface area contributed by atoms with Crippen LogP contribution in [0.3, 0.4) is 0 Å². The summed E-state index contributed by atoms with van der Waals surface area (Å²) in [5, 5.41) is 2.73. The van der Waals surface area contributed by atoms with Crippen LogP contribution >= 0.6 is 0 Å². The summed E-state index contributed by atoms with van der Waals surface area (Å²) >= 11 is 0. The van der Waals surface area contributed by atoms with E-state index in [1.54, 1.807) is 14.2 Å². The van der Waals surface area contributed by atoms with Crippen LogP contribution in [-0.4, -0.2) is 32.8 Å². The first-order valence-electron chi connectivity index (χ1n) is 6.83. The first-order valence-corrected chi connectivity index (χ1v) is 6.83. The van der Waals surface area contributed by atoms with E-state index in [1.165, 1.54) is 6.08 Å². The first kappa shape index (κ1) is 16.9. The van der Waals surface area contributed by atoms with Crippen molar-refractivity contribution < 1.29 is 19.0 Å². The summed E-state index contributed by atoms with van der Waals surface area (Å²) in [5.41, 5.74) is 0.990. The fraction of sp³-hybridized carbons (Fsp3) is 0.438. The number of hydrogen-bond acceptors (Lipinski definition) is 4. The Kier molecular flexibility index (Phi) is 6.59. The number of methoxy groups -OCH3 is 2. The molecule has 0 heterocycles. The minimum atomic E-state index is -0.186. The van der Waals surface area contributed by atoms with Gasteiger partial charge >= 0.3 is 0 Å². The van der Waals surface area contributed by atoms with Crippen LogP contribution in [0.5, 0.6) is 17.2 Å². The lowest BCUT2D eigenvalue weighted by atomic mass is 10.1. The van der Waals surface area contributed by atoms with Gasteiger partial charge in [0.25, 0.3) is 0 Å². The van der Waals surface area contributed by atoms with Crippen molar-refractivity contribution in [3.63, 3.8) is 0 Å². The normalized spacial score (nSPS) is 10.1. The van der Waals surface area contributed by atoms with Crippen molar-refractivity contribution in [1.82, 2.24) is 5.32 Å². The monoisotopic (exact) mass is 293 g/mol. The lowest BCUT2D eigenvalue weighted by molar-refractivity contribution is -0.116. The number of rotatable bonds is 8. The van der Waals surface area contributed by atoms with E-state index in [9.17, 15) is 4.79 Å². The predicted octanol–water partition coefficient (Wildman–Crippen LogP) is 2.34. The van der Waals surface area contributed by atoms with Crippen LogP contribution in [-0.2, 0) is 11.2 Å². The molecule has 0 saturated heterocycles. The Balaban J connectivity index is 2.92. The summed E-state index contributed by atoms with van der Waals surface area (Å²) in [6, 6.07) is 3.78. The average molecular weight is 293 g/mol. The SMILES string of the molecule is C=CC(=O)NCCc1cc(OC)c(OC(C)C)c(OC)c1. The van der Waals surface area contributed by atoms with Gasteiger partial charge in [0.15, 0.2) is 11.5 Å². The van der Waals surface area contributed by atoms with Gasteiger partial charge in [-0.2, -0.15) is 0 Å². The molecule has 0 unspecified atom stereocenters. The summed E-state index contributed by atoms with van der Waals surface area (Å²) in [6.07, 6.45) is 1.93. The van der Waals surface area contributed by atoms with Crippen molar-refractivity contribution in [1.29, 1.82) is 0 Å². The highest BCUT2D eigenvalue weighted by Gasteiger charge is 2.15. The van der Waals surface area contributed by atoms with Gasteiger partial charge in [-0.15, -0.1) is 0 Å². The lowest BCUT2D eigenvalue weighted by Gasteiger charge is -2.18. The molecule has 1 N–H and O–H groups in total. The molecule has 0 aromatic heterocycles. The van der Waals surface area contributed by atoms with Crippen LogP contribution in [0.25, 0.3) is 0 Å². The van der Waals surface area contributed by atoms with Crippen molar-refractivity contribution in [2.45, 2.75) is 26.4 Å². The van der Waals surface area contributed by atoms with Gasteiger partial charge in [-0.25, -0.2) is 0 Å². The largest absolute Gasteiger partial charge is 0.493 e. The number of nitrogens with one attached hydrogen (secondary N) is 1. The van der Waals surface area contributed by atoms with E-state index in [0.29, 0.717) is 30.2 Å². The first-order chi connectivity index (χ1) is 10.0. The van der Waals surface area contributed by atoms with Gasteiger partial charge in [-0.3, -0.25) is 4.79 Å². The third-order valence-corrected chi connectivity index (χ3v) is 2.77. The Morgan fingerprint density at radius 1 is 1.29 bits per heavy atom. The van der Waals surface area contributed by atoms with Crippen LogP contribution in [0.15, 0.2) is 24.8 Å². The smallest absolute Gasteiger partial charge is 0.243 e. The molecular weight excluding hydrogens is 270 g/mol. The number of hydrogen-bond donors (Lipinski definition) is 1. The maximum absolute atomic E-state index is 11.1. The summed E-state index contributed by atoms with van der Waals surface area (Å²) in [7, 11) is 3.18. The zero-order valence-electron chi connectivity index (χ0n) is 13.1. The topological polar surface area (TPSA) is 56.8 Å². The Morgan fingerprint density at radius 2 is 1.86 bits per heavy atom. The summed E-state index contributed by atoms with van der Waals surface area (Å²) in [5.74, 6) is 1.64. The predicted molar refractivity (Wildman–Crippen MR) is 82.2 cm³/mol. The molecule has 1 amide bonds. The highest BCUT2D eigenvalue weighted by Crippen LogP contribution is 2.39. The summed E-state index contributed by atoms with van der Waals surface area (Å²) in [4.78, 5) is 11.1. The van der Waals surface area contributed by atoms with E-state index in [-0.39, 0.29) is 12.0 Å². The molecule has 0 aliphatic rings. The van der Waals surface area contributed by atoms with Crippen molar-refractivity contribution >= 4 is 5.91 Å². The maximum atomic E-state index is 11.1. The quantitative estimate of drug-likeness (QED) is 0.747. The van der Waals surface area contributed by atoms with Gasteiger partial charge in [-0.05, 0) is 44.0 Å². The van der Waals surface area contributed by atoms with E-state index < -0.39 is 0 Å². The number of carbonyl (C=O) groups is 1. The number of ether oxygens (including phenoxy) is 3. The second-order valence-electron chi connectivity index (χ2n) is 4.74. The molecule has 1 aromatic rings. The molecule has 0 spiro atoms. The molecule has 5 nitrogen and oxygen atoms in total. The molecule has 0 bridgehead atoms. The highest BCUT2D eigenvalue weighted by molar-refractivity contribution is 5.86. The molecule has 0 atom stereocenters. The van der Waals surface area contributed by atoms with E-state index in [1.807, 2.05) is 26.0 Å². The van der Waals surface area contributed by atoms with Crippen LogP contribution in [0, 0.1) is 0 Å². The molecular formula is C16H23NO4. The third kappa shape index (κ3) is 5.02. The van der Waals surface area contributed by atoms with Gasteiger partial charge in [0, 0.05) is 6.54 Å². The lowest BCUT2D eigenvalue weighted by Crippen LogP contribution is -2.23. The van der Waals surface area contributed by atoms with E-state index in [4.69, 9.17) is 14.2 Å². The number of benzene rings is 1.